The standard InChI is InChI=1S/C16H21N3O/c1-5-20-15-8-6-14(7-9-15)11-19(4)16-17-12(2)10-13(3)18-16/h6-10H,5,11H2,1-4H3. The van der Waals surface area contributed by atoms with Gasteiger partial charge in [0.15, 0.2) is 0 Å². The maximum absolute atomic E-state index is 5.44. The third-order valence-corrected chi connectivity index (χ3v) is 2.97. The predicted molar refractivity (Wildman–Crippen MR) is 81.2 cm³/mol. The van der Waals surface area contributed by atoms with Crippen molar-refractivity contribution < 1.29 is 4.74 Å². The van der Waals surface area contributed by atoms with Gasteiger partial charge < -0.3 is 9.64 Å². The van der Waals surface area contributed by atoms with E-state index in [-0.39, 0.29) is 0 Å². The highest BCUT2D eigenvalue weighted by molar-refractivity contribution is 5.34. The summed E-state index contributed by atoms with van der Waals surface area (Å²) in [6.07, 6.45) is 0. The van der Waals surface area contributed by atoms with E-state index < -0.39 is 0 Å². The number of hydrogen-bond acceptors (Lipinski definition) is 4. The number of aryl methyl sites for hydroxylation is 2. The molecule has 0 aliphatic carbocycles. The minimum Gasteiger partial charge on any atom is -0.494 e. The minimum atomic E-state index is 0.690. The van der Waals surface area contributed by atoms with Gasteiger partial charge >= 0.3 is 0 Å². The van der Waals surface area contributed by atoms with Crippen molar-refractivity contribution in [3.8, 4) is 5.75 Å². The second kappa shape index (κ2) is 6.37. The summed E-state index contributed by atoms with van der Waals surface area (Å²) >= 11 is 0. The summed E-state index contributed by atoms with van der Waals surface area (Å²) in [4.78, 5) is 11.0. The lowest BCUT2D eigenvalue weighted by atomic mass is 10.2. The lowest BCUT2D eigenvalue weighted by molar-refractivity contribution is 0.340. The monoisotopic (exact) mass is 271 g/mol. The zero-order valence-electron chi connectivity index (χ0n) is 12.6. The Kier molecular flexibility index (Phi) is 4.56. The Balaban J connectivity index is 2.08. The highest BCUT2D eigenvalue weighted by Crippen LogP contribution is 2.15. The summed E-state index contributed by atoms with van der Waals surface area (Å²) in [5, 5.41) is 0. The van der Waals surface area contributed by atoms with Gasteiger partial charge in [-0.3, -0.25) is 0 Å². The second-order valence-electron chi connectivity index (χ2n) is 4.88. The summed E-state index contributed by atoms with van der Waals surface area (Å²) in [5.74, 6) is 1.66. The third kappa shape index (κ3) is 3.70. The van der Waals surface area contributed by atoms with Crippen LogP contribution in [0.25, 0.3) is 0 Å². The van der Waals surface area contributed by atoms with Crippen LogP contribution in [0.4, 0.5) is 5.95 Å². The molecule has 1 aromatic carbocycles. The molecule has 0 saturated carbocycles. The molecule has 2 rings (SSSR count). The fraction of sp³-hybridized carbons (Fsp3) is 0.375. The lowest BCUT2D eigenvalue weighted by Crippen LogP contribution is -2.19. The van der Waals surface area contributed by atoms with Crippen LogP contribution in [0.3, 0.4) is 0 Å². The molecule has 0 amide bonds. The summed E-state index contributed by atoms with van der Waals surface area (Å²) < 4.78 is 5.44. The van der Waals surface area contributed by atoms with Crippen LogP contribution in [-0.2, 0) is 6.54 Å². The van der Waals surface area contributed by atoms with Crippen molar-refractivity contribution >= 4 is 5.95 Å². The number of benzene rings is 1. The van der Waals surface area contributed by atoms with Crippen molar-refractivity contribution in [2.45, 2.75) is 27.3 Å². The van der Waals surface area contributed by atoms with Gasteiger partial charge in [-0.1, -0.05) is 12.1 Å². The fourth-order valence-corrected chi connectivity index (χ4v) is 2.08. The molecule has 0 N–H and O–H groups in total. The van der Waals surface area contributed by atoms with Gasteiger partial charge in [-0.25, -0.2) is 9.97 Å². The van der Waals surface area contributed by atoms with Gasteiger partial charge in [0.05, 0.1) is 6.61 Å². The molecule has 4 nitrogen and oxygen atoms in total. The van der Waals surface area contributed by atoms with Crippen molar-refractivity contribution in [2.24, 2.45) is 0 Å². The molecule has 4 heteroatoms. The number of nitrogens with zero attached hydrogens (tertiary/aromatic N) is 3. The highest BCUT2D eigenvalue weighted by atomic mass is 16.5. The Labute approximate surface area is 120 Å². The Morgan fingerprint density at radius 2 is 1.65 bits per heavy atom. The first-order valence-corrected chi connectivity index (χ1v) is 6.83. The van der Waals surface area contributed by atoms with E-state index in [0.717, 1.165) is 29.6 Å². The molecule has 106 valence electrons. The van der Waals surface area contributed by atoms with E-state index >= 15 is 0 Å². The van der Waals surface area contributed by atoms with Gasteiger partial charge in [0.2, 0.25) is 5.95 Å². The van der Waals surface area contributed by atoms with Gasteiger partial charge in [-0.15, -0.1) is 0 Å². The molecule has 0 aliphatic heterocycles. The van der Waals surface area contributed by atoms with Crippen LogP contribution in [0, 0.1) is 13.8 Å². The second-order valence-corrected chi connectivity index (χ2v) is 4.88. The normalized spacial score (nSPS) is 10.4. The van der Waals surface area contributed by atoms with Crippen LogP contribution >= 0.6 is 0 Å². The molecule has 20 heavy (non-hydrogen) atoms. The van der Waals surface area contributed by atoms with Gasteiger partial charge in [0.25, 0.3) is 0 Å². The van der Waals surface area contributed by atoms with Crippen LogP contribution < -0.4 is 9.64 Å². The van der Waals surface area contributed by atoms with Gasteiger partial charge in [0.1, 0.15) is 5.75 Å². The summed E-state index contributed by atoms with van der Waals surface area (Å²) in [5.41, 5.74) is 3.19. The summed E-state index contributed by atoms with van der Waals surface area (Å²) in [6.45, 7) is 7.43. The van der Waals surface area contributed by atoms with E-state index in [4.69, 9.17) is 4.74 Å². The lowest BCUT2D eigenvalue weighted by Gasteiger charge is -2.18. The molecule has 0 atom stereocenters. The Bertz CT molecular complexity index is 546. The first-order valence-electron chi connectivity index (χ1n) is 6.83. The minimum absolute atomic E-state index is 0.690. The third-order valence-electron chi connectivity index (χ3n) is 2.97. The maximum Gasteiger partial charge on any atom is 0.225 e. The SMILES string of the molecule is CCOc1ccc(CN(C)c2nc(C)cc(C)n2)cc1. The van der Waals surface area contributed by atoms with E-state index in [1.54, 1.807) is 0 Å². The average molecular weight is 271 g/mol. The Hall–Kier alpha value is -2.10. The topological polar surface area (TPSA) is 38.2 Å². The number of hydrogen-bond donors (Lipinski definition) is 0. The van der Waals surface area contributed by atoms with Crippen LogP contribution in [0.2, 0.25) is 0 Å². The van der Waals surface area contributed by atoms with E-state index in [0.29, 0.717) is 6.61 Å². The number of rotatable bonds is 5. The van der Waals surface area contributed by atoms with Crippen LogP contribution in [0.5, 0.6) is 5.75 Å². The molecule has 0 bridgehead atoms. The van der Waals surface area contributed by atoms with E-state index in [1.807, 2.05) is 46.0 Å². The maximum atomic E-state index is 5.44. The van der Waals surface area contributed by atoms with Crippen molar-refractivity contribution in [3.05, 3.63) is 47.3 Å². The molecular weight excluding hydrogens is 250 g/mol. The first kappa shape index (κ1) is 14.3. The molecule has 0 unspecified atom stereocenters. The first-order chi connectivity index (χ1) is 9.58. The Morgan fingerprint density at radius 1 is 1.05 bits per heavy atom. The summed E-state index contributed by atoms with van der Waals surface area (Å²) in [6, 6.07) is 10.1. The molecule has 0 radical (unpaired) electrons. The quantitative estimate of drug-likeness (QED) is 0.837. The number of ether oxygens (including phenoxy) is 1. The van der Waals surface area contributed by atoms with Gasteiger partial charge in [-0.2, -0.15) is 0 Å². The van der Waals surface area contributed by atoms with Crippen LogP contribution in [0.15, 0.2) is 30.3 Å². The molecule has 0 fully saturated rings. The fourth-order valence-electron chi connectivity index (χ4n) is 2.08. The van der Waals surface area contributed by atoms with Crippen molar-refractivity contribution in [1.29, 1.82) is 0 Å². The molecule has 1 heterocycles. The van der Waals surface area contributed by atoms with E-state index in [2.05, 4.69) is 27.0 Å². The molecule has 2 aromatic rings. The van der Waals surface area contributed by atoms with Gasteiger partial charge in [-0.05, 0) is 44.5 Å². The number of aromatic nitrogens is 2. The molecule has 1 aromatic heterocycles. The summed E-state index contributed by atoms with van der Waals surface area (Å²) in [7, 11) is 2.00. The van der Waals surface area contributed by atoms with Gasteiger partial charge in [0, 0.05) is 25.0 Å². The zero-order chi connectivity index (χ0) is 14.5. The highest BCUT2D eigenvalue weighted by Gasteiger charge is 2.07. The zero-order valence-corrected chi connectivity index (χ0v) is 12.6. The van der Waals surface area contributed by atoms with Crippen molar-refractivity contribution in [1.82, 2.24) is 9.97 Å². The Morgan fingerprint density at radius 3 is 2.20 bits per heavy atom. The molecule has 0 spiro atoms. The smallest absolute Gasteiger partial charge is 0.225 e. The largest absolute Gasteiger partial charge is 0.494 e. The predicted octanol–water partition coefficient (Wildman–Crippen LogP) is 3.13. The van der Waals surface area contributed by atoms with E-state index in [9.17, 15) is 0 Å². The number of anilines is 1. The molecular formula is C16H21N3O. The van der Waals surface area contributed by atoms with Crippen molar-refractivity contribution in [3.63, 3.8) is 0 Å². The van der Waals surface area contributed by atoms with Crippen LogP contribution in [0.1, 0.15) is 23.9 Å². The van der Waals surface area contributed by atoms with E-state index in [1.165, 1.54) is 5.56 Å². The van der Waals surface area contributed by atoms with Crippen molar-refractivity contribution in [2.75, 3.05) is 18.6 Å². The average Bonchev–Trinajstić information content (AvgIpc) is 2.40. The molecule has 0 saturated heterocycles. The molecule has 0 aliphatic rings. The van der Waals surface area contributed by atoms with Crippen LogP contribution in [-0.4, -0.2) is 23.6 Å².